The Hall–Kier alpha value is 0.290. The lowest BCUT2D eigenvalue weighted by Crippen LogP contribution is -2.36. The molecule has 0 N–H and O–H groups in total. The summed E-state index contributed by atoms with van der Waals surface area (Å²) in [7, 11) is 0. The highest BCUT2D eigenvalue weighted by molar-refractivity contribution is 6.20. The van der Waals surface area contributed by atoms with Gasteiger partial charge in [0.25, 0.3) is 0 Å². The van der Waals surface area contributed by atoms with Crippen molar-refractivity contribution in [3.63, 3.8) is 0 Å². The summed E-state index contributed by atoms with van der Waals surface area (Å²) in [5.74, 6) is 2.37. The van der Waals surface area contributed by atoms with Gasteiger partial charge in [-0.2, -0.15) is 0 Å². The predicted molar refractivity (Wildman–Crippen MR) is 74.0 cm³/mol. The first kappa shape index (κ1) is 14.4. The summed E-state index contributed by atoms with van der Waals surface area (Å²) in [6.07, 6.45) is 6.59. The smallest absolute Gasteiger partial charge is 0.0371 e. The Morgan fingerprint density at radius 2 is 1.88 bits per heavy atom. The minimum atomic E-state index is 0.408. The Kier molecular flexibility index (Phi) is 5.16. The van der Waals surface area contributed by atoms with Gasteiger partial charge in [-0.15, -0.1) is 11.6 Å². The van der Waals surface area contributed by atoms with Crippen LogP contribution in [0.1, 0.15) is 66.7 Å². The molecule has 1 saturated carbocycles. The van der Waals surface area contributed by atoms with E-state index in [0.29, 0.717) is 10.8 Å². The highest BCUT2D eigenvalue weighted by atomic mass is 35.5. The molecular weight excluding hydrogens is 216 g/mol. The SMILES string of the molecule is CC(C)CCC(C)(C)C1CCC(C)CC1Cl. The molecular formula is C15H29Cl. The molecule has 16 heavy (non-hydrogen) atoms. The molecule has 0 saturated heterocycles. The van der Waals surface area contributed by atoms with E-state index in [0.717, 1.165) is 17.8 Å². The fourth-order valence-electron chi connectivity index (χ4n) is 3.04. The van der Waals surface area contributed by atoms with Gasteiger partial charge in [-0.05, 0) is 42.4 Å². The Labute approximate surface area is 107 Å². The van der Waals surface area contributed by atoms with E-state index in [4.69, 9.17) is 11.6 Å². The number of hydrogen-bond acceptors (Lipinski definition) is 0. The van der Waals surface area contributed by atoms with Gasteiger partial charge < -0.3 is 0 Å². The largest absolute Gasteiger partial charge is 0.123 e. The second kappa shape index (κ2) is 5.76. The molecule has 1 fully saturated rings. The van der Waals surface area contributed by atoms with Gasteiger partial charge in [0.1, 0.15) is 0 Å². The lowest BCUT2D eigenvalue weighted by Gasteiger charge is -2.42. The average molecular weight is 245 g/mol. The summed E-state index contributed by atoms with van der Waals surface area (Å²) < 4.78 is 0. The van der Waals surface area contributed by atoms with Crippen molar-refractivity contribution in [2.45, 2.75) is 72.1 Å². The van der Waals surface area contributed by atoms with Gasteiger partial charge in [0.15, 0.2) is 0 Å². The summed E-state index contributed by atoms with van der Waals surface area (Å²) in [4.78, 5) is 0. The molecule has 0 amide bonds. The van der Waals surface area contributed by atoms with Crippen LogP contribution in [0.5, 0.6) is 0 Å². The fourth-order valence-corrected chi connectivity index (χ4v) is 3.81. The first-order chi connectivity index (χ1) is 7.33. The van der Waals surface area contributed by atoms with Crippen molar-refractivity contribution in [3.8, 4) is 0 Å². The van der Waals surface area contributed by atoms with Crippen LogP contribution >= 0.6 is 11.6 Å². The van der Waals surface area contributed by atoms with Crippen molar-refractivity contribution in [1.29, 1.82) is 0 Å². The summed E-state index contributed by atoms with van der Waals surface area (Å²) in [6.45, 7) is 11.8. The molecule has 1 rings (SSSR count). The van der Waals surface area contributed by atoms with Gasteiger partial charge in [-0.3, -0.25) is 0 Å². The van der Waals surface area contributed by atoms with E-state index in [1.807, 2.05) is 0 Å². The molecule has 1 aliphatic rings. The topological polar surface area (TPSA) is 0 Å². The molecule has 0 heterocycles. The van der Waals surface area contributed by atoms with Gasteiger partial charge in [-0.1, -0.05) is 47.5 Å². The molecule has 0 spiro atoms. The number of hydrogen-bond donors (Lipinski definition) is 0. The number of alkyl halides is 1. The van der Waals surface area contributed by atoms with Crippen LogP contribution in [0.15, 0.2) is 0 Å². The Balaban J connectivity index is 2.53. The van der Waals surface area contributed by atoms with Crippen LogP contribution in [0.25, 0.3) is 0 Å². The molecule has 3 unspecified atom stereocenters. The van der Waals surface area contributed by atoms with Crippen LogP contribution < -0.4 is 0 Å². The van der Waals surface area contributed by atoms with Crippen LogP contribution in [-0.4, -0.2) is 5.38 Å². The minimum Gasteiger partial charge on any atom is -0.123 e. The molecule has 0 aromatic rings. The van der Waals surface area contributed by atoms with E-state index < -0.39 is 0 Å². The van der Waals surface area contributed by atoms with Crippen molar-refractivity contribution >= 4 is 11.6 Å². The molecule has 1 heteroatoms. The van der Waals surface area contributed by atoms with Gasteiger partial charge in [0.2, 0.25) is 0 Å². The molecule has 1 aliphatic carbocycles. The lowest BCUT2D eigenvalue weighted by molar-refractivity contribution is 0.125. The van der Waals surface area contributed by atoms with Gasteiger partial charge in [-0.25, -0.2) is 0 Å². The molecule has 0 aromatic carbocycles. The normalized spacial score (nSPS) is 32.1. The molecule has 0 nitrogen and oxygen atoms in total. The third-order valence-electron chi connectivity index (χ3n) is 4.40. The monoisotopic (exact) mass is 244 g/mol. The molecule has 3 atom stereocenters. The van der Waals surface area contributed by atoms with Crippen molar-refractivity contribution in [1.82, 2.24) is 0 Å². The predicted octanol–water partition coefficient (Wildman–Crippen LogP) is 5.49. The summed E-state index contributed by atoms with van der Waals surface area (Å²) in [6, 6.07) is 0. The van der Waals surface area contributed by atoms with Gasteiger partial charge >= 0.3 is 0 Å². The first-order valence-corrected chi connectivity index (χ1v) is 7.40. The highest BCUT2D eigenvalue weighted by Crippen LogP contribution is 2.45. The van der Waals surface area contributed by atoms with Crippen LogP contribution in [0.2, 0.25) is 0 Å². The summed E-state index contributed by atoms with van der Waals surface area (Å²) in [5.41, 5.74) is 0.427. The third kappa shape index (κ3) is 3.95. The highest BCUT2D eigenvalue weighted by Gasteiger charge is 2.37. The Morgan fingerprint density at radius 1 is 1.25 bits per heavy atom. The van der Waals surface area contributed by atoms with Crippen LogP contribution in [0.3, 0.4) is 0 Å². The minimum absolute atomic E-state index is 0.408. The van der Waals surface area contributed by atoms with Crippen LogP contribution in [0, 0.1) is 23.2 Å². The van der Waals surface area contributed by atoms with Crippen LogP contribution in [0.4, 0.5) is 0 Å². The maximum absolute atomic E-state index is 6.58. The van der Waals surface area contributed by atoms with Gasteiger partial charge in [0, 0.05) is 5.38 Å². The number of halogens is 1. The zero-order valence-corrected chi connectivity index (χ0v) is 12.5. The second-order valence-corrected chi connectivity index (χ2v) is 7.52. The molecule has 0 aliphatic heterocycles. The van der Waals surface area contributed by atoms with E-state index in [9.17, 15) is 0 Å². The van der Waals surface area contributed by atoms with Crippen molar-refractivity contribution in [2.24, 2.45) is 23.2 Å². The van der Waals surface area contributed by atoms with E-state index in [1.165, 1.54) is 32.1 Å². The first-order valence-electron chi connectivity index (χ1n) is 6.97. The Morgan fingerprint density at radius 3 is 2.38 bits per heavy atom. The molecule has 0 aromatic heterocycles. The quantitative estimate of drug-likeness (QED) is 0.574. The summed E-state index contributed by atoms with van der Waals surface area (Å²) >= 11 is 6.58. The zero-order valence-electron chi connectivity index (χ0n) is 11.7. The number of rotatable bonds is 4. The lowest BCUT2D eigenvalue weighted by atomic mass is 9.66. The molecule has 0 radical (unpaired) electrons. The Bertz CT molecular complexity index is 207. The maximum atomic E-state index is 6.58. The third-order valence-corrected chi connectivity index (χ3v) is 4.89. The van der Waals surface area contributed by atoms with E-state index in [1.54, 1.807) is 0 Å². The van der Waals surface area contributed by atoms with E-state index in [2.05, 4.69) is 34.6 Å². The van der Waals surface area contributed by atoms with E-state index >= 15 is 0 Å². The zero-order chi connectivity index (χ0) is 12.3. The van der Waals surface area contributed by atoms with E-state index in [-0.39, 0.29) is 0 Å². The fraction of sp³-hybridized carbons (Fsp3) is 1.00. The molecule has 0 bridgehead atoms. The van der Waals surface area contributed by atoms with Crippen molar-refractivity contribution in [2.75, 3.05) is 0 Å². The van der Waals surface area contributed by atoms with Crippen molar-refractivity contribution < 1.29 is 0 Å². The van der Waals surface area contributed by atoms with Crippen molar-refractivity contribution in [3.05, 3.63) is 0 Å². The average Bonchev–Trinajstić information content (AvgIpc) is 2.14. The maximum Gasteiger partial charge on any atom is 0.0371 e. The van der Waals surface area contributed by atoms with Crippen LogP contribution in [-0.2, 0) is 0 Å². The van der Waals surface area contributed by atoms with Gasteiger partial charge in [0.05, 0.1) is 0 Å². The second-order valence-electron chi connectivity index (χ2n) is 6.96. The summed E-state index contributed by atoms with van der Waals surface area (Å²) in [5, 5.41) is 0.408. The standard InChI is InChI=1S/C15H29Cl/c1-11(2)8-9-15(4,5)13-7-6-12(3)10-14(13)16/h11-14H,6-10H2,1-5H3. The molecule has 96 valence electrons.